The van der Waals surface area contributed by atoms with Crippen LogP contribution in [0.5, 0.6) is 0 Å². The fourth-order valence-corrected chi connectivity index (χ4v) is 3.87. The number of hydrogen-bond donors (Lipinski definition) is 1. The van der Waals surface area contributed by atoms with Gasteiger partial charge in [-0.1, -0.05) is 53.3 Å². The highest BCUT2D eigenvalue weighted by atomic mass is 35.5. The summed E-state index contributed by atoms with van der Waals surface area (Å²) in [7, 11) is 0. The Labute approximate surface area is 159 Å². The molecule has 0 saturated heterocycles. The SMILES string of the molecule is CC(C(=O)Nc1cnn(-c2nc3ccccc3s2)c1)c1ccccc1Cl. The number of aromatic nitrogens is 3. The lowest BCUT2D eigenvalue weighted by Crippen LogP contribution is -2.18. The van der Waals surface area contributed by atoms with E-state index < -0.39 is 0 Å². The summed E-state index contributed by atoms with van der Waals surface area (Å²) in [5.41, 5.74) is 2.35. The highest BCUT2D eigenvalue weighted by molar-refractivity contribution is 7.20. The van der Waals surface area contributed by atoms with Gasteiger partial charge in [-0.3, -0.25) is 4.79 Å². The second-order valence-corrected chi connectivity index (χ2v) is 7.29. The monoisotopic (exact) mass is 382 g/mol. The van der Waals surface area contributed by atoms with E-state index in [2.05, 4.69) is 15.4 Å². The van der Waals surface area contributed by atoms with E-state index in [0.717, 1.165) is 20.9 Å². The van der Waals surface area contributed by atoms with Crippen molar-refractivity contribution in [1.82, 2.24) is 14.8 Å². The van der Waals surface area contributed by atoms with Gasteiger partial charge in [0.15, 0.2) is 0 Å². The Bertz CT molecular complexity index is 1050. The van der Waals surface area contributed by atoms with E-state index in [4.69, 9.17) is 11.6 Å². The van der Waals surface area contributed by atoms with E-state index in [9.17, 15) is 4.79 Å². The van der Waals surface area contributed by atoms with Crippen LogP contribution in [0.1, 0.15) is 18.4 Å². The molecular formula is C19H15ClN4OS. The molecule has 130 valence electrons. The Morgan fingerprint density at radius 3 is 2.77 bits per heavy atom. The smallest absolute Gasteiger partial charge is 0.231 e. The van der Waals surface area contributed by atoms with E-state index >= 15 is 0 Å². The standard InChI is InChI=1S/C19H15ClN4OS/c1-12(14-6-2-3-7-15(14)20)18(25)22-13-10-21-24(11-13)19-23-16-8-4-5-9-17(16)26-19/h2-12H,1H3,(H,22,25). The van der Waals surface area contributed by atoms with E-state index in [-0.39, 0.29) is 11.8 Å². The Morgan fingerprint density at radius 2 is 1.96 bits per heavy atom. The van der Waals surface area contributed by atoms with Crippen molar-refractivity contribution in [1.29, 1.82) is 0 Å². The van der Waals surface area contributed by atoms with Crippen molar-refractivity contribution < 1.29 is 4.79 Å². The molecule has 0 bridgehead atoms. The van der Waals surface area contributed by atoms with Crippen molar-refractivity contribution in [3.63, 3.8) is 0 Å². The molecule has 4 aromatic rings. The Hall–Kier alpha value is -2.70. The van der Waals surface area contributed by atoms with Crippen LogP contribution in [0.4, 0.5) is 5.69 Å². The number of halogens is 1. The number of nitrogens with one attached hydrogen (secondary N) is 1. The van der Waals surface area contributed by atoms with Crippen molar-refractivity contribution in [3.05, 3.63) is 71.5 Å². The normalized spacial score (nSPS) is 12.2. The molecule has 1 amide bonds. The first-order valence-electron chi connectivity index (χ1n) is 8.08. The van der Waals surface area contributed by atoms with E-state index in [0.29, 0.717) is 10.7 Å². The van der Waals surface area contributed by atoms with Crippen LogP contribution < -0.4 is 5.32 Å². The van der Waals surface area contributed by atoms with Crippen molar-refractivity contribution in [2.45, 2.75) is 12.8 Å². The number of rotatable bonds is 4. The van der Waals surface area contributed by atoms with Crippen LogP contribution in [0.15, 0.2) is 60.9 Å². The fourth-order valence-electron chi connectivity index (χ4n) is 2.67. The van der Waals surface area contributed by atoms with Crippen LogP contribution in [0.3, 0.4) is 0 Å². The lowest BCUT2D eigenvalue weighted by molar-refractivity contribution is -0.117. The Morgan fingerprint density at radius 1 is 1.19 bits per heavy atom. The molecule has 4 rings (SSSR count). The van der Waals surface area contributed by atoms with Gasteiger partial charge in [0.05, 0.1) is 34.2 Å². The molecule has 7 heteroatoms. The first-order chi connectivity index (χ1) is 12.6. The maximum Gasteiger partial charge on any atom is 0.231 e. The van der Waals surface area contributed by atoms with Gasteiger partial charge in [-0.15, -0.1) is 0 Å². The van der Waals surface area contributed by atoms with Gasteiger partial charge in [0, 0.05) is 5.02 Å². The van der Waals surface area contributed by atoms with Gasteiger partial charge in [-0.25, -0.2) is 9.67 Å². The number of carbonyl (C=O) groups excluding carboxylic acids is 1. The van der Waals surface area contributed by atoms with Gasteiger partial charge in [-0.05, 0) is 30.7 Å². The molecule has 0 aliphatic heterocycles. The molecule has 2 aromatic heterocycles. The van der Waals surface area contributed by atoms with Gasteiger partial charge < -0.3 is 5.32 Å². The Kier molecular flexibility index (Phi) is 4.44. The minimum atomic E-state index is -0.366. The number of thiazole rings is 1. The molecule has 1 atom stereocenters. The van der Waals surface area contributed by atoms with Crippen molar-refractivity contribution in [2.24, 2.45) is 0 Å². The minimum Gasteiger partial charge on any atom is -0.323 e. The zero-order chi connectivity index (χ0) is 18.1. The van der Waals surface area contributed by atoms with E-state index in [1.54, 1.807) is 34.5 Å². The second-order valence-electron chi connectivity index (χ2n) is 5.87. The molecule has 0 saturated carbocycles. The molecule has 2 heterocycles. The molecule has 26 heavy (non-hydrogen) atoms. The van der Waals surface area contributed by atoms with Gasteiger partial charge >= 0.3 is 0 Å². The van der Waals surface area contributed by atoms with Crippen LogP contribution in [0.25, 0.3) is 15.3 Å². The molecule has 0 spiro atoms. The maximum absolute atomic E-state index is 12.5. The molecule has 2 aromatic carbocycles. The number of anilines is 1. The predicted octanol–water partition coefficient (Wildman–Crippen LogP) is 4.88. The third kappa shape index (κ3) is 3.21. The maximum atomic E-state index is 12.5. The molecule has 0 fully saturated rings. The number of fused-ring (bicyclic) bond motifs is 1. The number of benzene rings is 2. The number of hydrogen-bond acceptors (Lipinski definition) is 4. The summed E-state index contributed by atoms with van der Waals surface area (Å²) in [6.07, 6.45) is 3.37. The van der Waals surface area contributed by atoms with Gasteiger partial charge in [0.1, 0.15) is 0 Å². The zero-order valence-electron chi connectivity index (χ0n) is 13.9. The van der Waals surface area contributed by atoms with Crippen molar-refractivity contribution >= 4 is 44.7 Å². The number of carbonyl (C=O) groups is 1. The van der Waals surface area contributed by atoms with Crippen LogP contribution >= 0.6 is 22.9 Å². The lowest BCUT2D eigenvalue weighted by atomic mass is 10.0. The summed E-state index contributed by atoms with van der Waals surface area (Å²) in [4.78, 5) is 17.1. The summed E-state index contributed by atoms with van der Waals surface area (Å²) >= 11 is 7.73. The number of nitrogens with zero attached hydrogens (tertiary/aromatic N) is 3. The molecule has 0 aliphatic rings. The van der Waals surface area contributed by atoms with Gasteiger partial charge in [0.25, 0.3) is 0 Å². The van der Waals surface area contributed by atoms with Crippen LogP contribution in [-0.4, -0.2) is 20.7 Å². The third-order valence-corrected chi connectivity index (χ3v) is 5.46. The fraction of sp³-hybridized carbons (Fsp3) is 0.105. The van der Waals surface area contributed by atoms with Crippen LogP contribution in [0, 0.1) is 0 Å². The average molecular weight is 383 g/mol. The quantitative estimate of drug-likeness (QED) is 0.547. The molecule has 1 N–H and O–H groups in total. The molecule has 5 nitrogen and oxygen atoms in total. The second kappa shape index (κ2) is 6.90. The van der Waals surface area contributed by atoms with Crippen LogP contribution in [-0.2, 0) is 4.79 Å². The highest BCUT2D eigenvalue weighted by Gasteiger charge is 2.18. The lowest BCUT2D eigenvalue weighted by Gasteiger charge is -2.12. The average Bonchev–Trinajstić information content (AvgIpc) is 3.28. The van der Waals surface area contributed by atoms with Crippen molar-refractivity contribution in [2.75, 3.05) is 5.32 Å². The topological polar surface area (TPSA) is 59.8 Å². The summed E-state index contributed by atoms with van der Waals surface area (Å²) in [6.45, 7) is 1.83. The van der Waals surface area contributed by atoms with E-state index in [1.807, 2.05) is 49.4 Å². The highest BCUT2D eigenvalue weighted by Crippen LogP contribution is 2.27. The molecule has 0 radical (unpaired) electrons. The van der Waals surface area contributed by atoms with Gasteiger partial charge in [0.2, 0.25) is 11.0 Å². The minimum absolute atomic E-state index is 0.137. The number of para-hydroxylation sites is 1. The largest absolute Gasteiger partial charge is 0.323 e. The van der Waals surface area contributed by atoms with Crippen LogP contribution in [0.2, 0.25) is 5.02 Å². The van der Waals surface area contributed by atoms with Gasteiger partial charge in [-0.2, -0.15) is 5.10 Å². The zero-order valence-corrected chi connectivity index (χ0v) is 15.5. The molecule has 1 unspecified atom stereocenters. The predicted molar refractivity (Wildman–Crippen MR) is 105 cm³/mol. The summed E-state index contributed by atoms with van der Waals surface area (Å²) < 4.78 is 2.76. The Balaban J connectivity index is 1.53. The molecule has 0 aliphatic carbocycles. The summed E-state index contributed by atoms with van der Waals surface area (Å²) in [5.74, 6) is -0.503. The summed E-state index contributed by atoms with van der Waals surface area (Å²) in [5, 5.41) is 8.53. The summed E-state index contributed by atoms with van der Waals surface area (Å²) in [6, 6.07) is 15.3. The first kappa shape index (κ1) is 16.8. The third-order valence-electron chi connectivity index (χ3n) is 4.09. The number of amides is 1. The van der Waals surface area contributed by atoms with E-state index in [1.165, 1.54) is 0 Å². The van der Waals surface area contributed by atoms with Crippen molar-refractivity contribution in [3.8, 4) is 5.13 Å². The molecular weight excluding hydrogens is 368 g/mol. The first-order valence-corrected chi connectivity index (χ1v) is 9.27.